The van der Waals surface area contributed by atoms with Gasteiger partial charge in [0, 0.05) is 26.1 Å². The number of amides is 1. The first kappa shape index (κ1) is 19.8. The summed E-state index contributed by atoms with van der Waals surface area (Å²) in [6.07, 6.45) is 2.21. The van der Waals surface area contributed by atoms with E-state index >= 15 is 0 Å². The summed E-state index contributed by atoms with van der Waals surface area (Å²) in [7, 11) is 1.36. The summed E-state index contributed by atoms with van der Waals surface area (Å²) in [5.41, 5.74) is 0.400. The van der Waals surface area contributed by atoms with Crippen molar-refractivity contribution in [2.45, 2.75) is 44.7 Å². The van der Waals surface area contributed by atoms with Crippen LogP contribution in [0.3, 0.4) is 0 Å². The van der Waals surface area contributed by atoms with Crippen LogP contribution >= 0.6 is 0 Å². The van der Waals surface area contributed by atoms with Crippen molar-refractivity contribution in [3.63, 3.8) is 0 Å². The van der Waals surface area contributed by atoms with Gasteiger partial charge < -0.3 is 4.74 Å². The lowest BCUT2D eigenvalue weighted by atomic mass is 9.77. The van der Waals surface area contributed by atoms with Gasteiger partial charge in [-0.05, 0) is 37.0 Å². The molecule has 27 heavy (non-hydrogen) atoms. The molecule has 1 spiro atoms. The molecule has 2 fully saturated rings. The first-order valence-corrected chi connectivity index (χ1v) is 9.51. The van der Waals surface area contributed by atoms with E-state index in [-0.39, 0.29) is 24.1 Å². The van der Waals surface area contributed by atoms with Crippen molar-refractivity contribution in [1.82, 2.24) is 9.96 Å². The molecule has 2 aliphatic heterocycles. The SMILES string of the molecule is CCCON1C(=O)CC(C(=O)OC)C12CCN(Cc1ccc(F)cc1)CC2. The van der Waals surface area contributed by atoms with Crippen LogP contribution in [-0.4, -0.2) is 54.2 Å². The number of ether oxygens (including phenoxy) is 1. The predicted molar refractivity (Wildman–Crippen MR) is 96.9 cm³/mol. The molecule has 0 saturated carbocycles. The minimum absolute atomic E-state index is 0.133. The Labute approximate surface area is 159 Å². The Bertz CT molecular complexity index is 671. The first-order valence-electron chi connectivity index (χ1n) is 9.51. The molecule has 2 saturated heterocycles. The van der Waals surface area contributed by atoms with Crippen molar-refractivity contribution in [1.29, 1.82) is 0 Å². The fraction of sp³-hybridized carbons (Fsp3) is 0.600. The third-order valence-corrected chi connectivity index (χ3v) is 5.61. The minimum Gasteiger partial charge on any atom is -0.469 e. The summed E-state index contributed by atoms with van der Waals surface area (Å²) >= 11 is 0. The summed E-state index contributed by atoms with van der Waals surface area (Å²) in [6.45, 7) is 4.59. The molecule has 0 N–H and O–H groups in total. The molecule has 2 aliphatic rings. The number of nitrogens with zero attached hydrogens (tertiary/aromatic N) is 2. The Morgan fingerprint density at radius 2 is 1.93 bits per heavy atom. The predicted octanol–water partition coefficient (Wildman–Crippen LogP) is 2.52. The zero-order valence-electron chi connectivity index (χ0n) is 15.9. The Morgan fingerprint density at radius 3 is 2.52 bits per heavy atom. The fourth-order valence-corrected chi connectivity index (χ4v) is 4.16. The van der Waals surface area contributed by atoms with Crippen LogP contribution in [0.15, 0.2) is 24.3 Å². The van der Waals surface area contributed by atoms with Crippen LogP contribution < -0.4 is 0 Å². The van der Waals surface area contributed by atoms with E-state index in [4.69, 9.17) is 9.57 Å². The average molecular weight is 378 g/mol. The van der Waals surface area contributed by atoms with Crippen LogP contribution in [0.2, 0.25) is 0 Å². The lowest BCUT2D eigenvalue weighted by Gasteiger charge is -2.45. The quantitative estimate of drug-likeness (QED) is 0.712. The molecule has 3 rings (SSSR count). The highest BCUT2D eigenvalue weighted by Crippen LogP contribution is 2.44. The zero-order chi connectivity index (χ0) is 19.4. The molecule has 1 amide bonds. The summed E-state index contributed by atoms with van der Waals surface area (Å²) in [6, 6.07) is 6.49. The summed E-state index contributed by atoms with van der Waals surface area (Å²) in [5, 5.41) is 1.47. The molecule has 2 heterocycles. The van der Waals surface area contributed by atoms with E-state index in [1.165, 1.54) is 24.3 Å². The van der Waals surface area contributed by atoms with Gasteiger partial charge in [0.2, 0.25) is 5.91 Å². The number of hydroxylamine groups is 2. The van der Waals surface area contributed by atoms with E-state index < -0.39 is 11.5 Å². The highest BCUT2D eigenvalue weighted by molar-refractivity contribution is 5.88. The highest BCUT2D eigenvalue weighted by Gasteiger charge is 2.58. The van der Waals surface area contributed by atoms with Crippen molar-refractivity contribution in [3.8, 4) is 0 Å². The number of hydrogen-bond donors (Lipinski definition) is 0. The largest absolute Gasteiger partial charge is 0.469 e. The molecule has 0 bridgehead atoms. The van der Waals surface area contributed by atoms with Gasteiger partial charge in [-0.15, -0.1) is 0 Å². The average Bonchev–Trinajstić information content (AvgIpc) is 2.94. The minimum atomic E-state index is -0.640. The molecular weight excluding hydrogens is 351 g/mol. The number of esters is 1. The molecule has 0 aliphatic carbocycles. The van der Waals surface area contributed by atoms with Gasteiger partial charge in [0.25, 0.3) is 0 Å². The van der Waals surface area contributed by atoms with Crippen LogP contribution in [0.5, 0.6) is 0 Å². The number of benzene rings is 1. The second-order valence-corrected chi connectivity index (χ2v) is 7.31. The Balaban J connectivity index is 1.73. The number of halogens is 1. The van der Waals surface area contributed by atoms with Gasteiger partial charge in [0.15, 0.2) is 0 Å². The molecule has 1 unspecified atom stereocenters. The molecule has 0 radical (unpaired) electrons. The second kappa shape index (κ2) is 8.35. The highest BCUT2D eigenvalue weighted by atomic mass is 19.1. The van der Waals surface area contributed by atoms with Crippen molar-refractivity contribution >= 4 is 11.9 Å². The van der Waals surface area contributed by atoms with Gasteiger partial charge in [-0.1, -0.05) is 19.1 Å². The first-order chi connectivity index (χ1) is 13.0. The molecule has 7 heteroatoms. The standard InChI is InChI=1S/C20H27FN2O4/c1-3-12-27-23-18(24)13-17(19(25)26-2)20(23)8-10-22(11-9-20)14-15-4-6-16(21)7-5-15/h4-7,17H,3,8-14H2,1-2H3. The van der Waals surface area contributed by atoms with Gasteiger partial charge in [0.1, 0.15) is 5.82 Å². The molecule has 1 aromatic carbocycles. The number of piperidine rings is 1. The number of rotatable bonds is 6. The summed E-state index contributed by atoms with van der Waals surface area (Å²) in [4.78, 5) is 32.9. The summed E-state index contributed by atoms with van der Waals surface area (Å²) in [5.74, 6) is -1.24. The number of hydrogen-bond acceptors (Lipinski definition) is 5. The van der Waals surface area contributed by atoms with Gasteiger partial charge in [-0.25, -0.2) is 9.45 Å². The maximum atomic E-state index is 13.1. The van der Waals surface area contributed by atoms with Crippen LogP contribution in [0, 0.1) is 11.7 Å². The van der Waals surface area contributed by atoms with E-state index in [0.717, 1.165) is 25.1 Å². The second-order valence-electron chi connectivity index (χ2n) is 7.31. The van der Waals surface area contributed by atoms with Crippen molar-refractivity contribution in [2.24, 2.45) is 5.92 Å². The van der Waals surface area contributed by atoms with E-state index in [1.807, 2.05) is 6.92 Å². The number of carbonyl (C=O) groups is 2. The fourth-order valence-electron chi connectivity index (χ4n) is 4.16. The monoisotopic (exact) mass is 378 g/mol. The molecule has 6 nitrogen and oxygen atoms in total. The Kier molecular flexibility index (Phi) is 6.11. The van der Waals surface area contributed by atoms with Crippen LogP contribution in [0.25, 0.3) is 0 Å². The number of methoxy groups -OCH3 is 1. The third kappa shape index (κ3) is 3.99. The lowest BCUT2D eigenvalue weighted by Crippen LogP contribution is -2.57. The van der Waals surface area contributed by atoms with E-state index in [1.54, 1.807) is 12.1 Å². The maximum Gasteiger partial charge on any atom is 0.311 e. The smallest absolute Gasteiger partial charge is 0.311 e. The zero-order valence-corrected chi connectivity index (χ0v) is 15.9. The number of carbonyl (C=O) groups excluding carboxylic acids is 2. The van der Waals surface area contributed by atoms with E-state index in [9.17, 15) is 14.0 Å². The van der Waals surface area contributed by atoms with Crippen LogP contribution in [0.1, 0.15) is 38.2 Å². The topological polar surface area (TPSA) is 59.1 Å². The third-order valence-electron chi connectivity index (χ3n) is 5.61. The molecule has 1 atom stereocenters. The Morgan fingerprint density at radius 1 is 1.26 bits per heavy atom. The Hall–Kier alpha value is -1.99. The normalized spacial score (nSPS) is 22.4. The van der Waals surface area contributed by atoms with Crippen molar-refractivity contribution in [2.75, 3.05) is 26.8 Å². The van der Waals surface area contributed by atoms with Crippen LogP contribution in [-0.2, 0) is 25.7 Å². The molecule has 148 valence electrons. The molecule has 1 aromatic rings. The van der Waals surface area contributed by atoms with Crippen molar-refractivity contribution in [3.05, 3.63) is 35.6 Å². The van der Waals surface area contributed by atoms with Crippen molar-refractivity contribution < 1.29 is 23.6 Å². The lowest BCUT2D eigenvalue weighted by molar-refractivity contribution is -0.223. The number of likely N-dealkylation sites (tertiary alicyclic amines) is 1. The van der Waals surface area contributed by atoms with Gasteiger partial charge in [-0.3, -0.25) is 19.3 Å². The van der Waals surface area contributed by atoms with Gasteiger partial charge in [-0.2, -0.15) is 0 Å². The summed E-state index contributed by atoms with van der Waals surface area (Å²) < 4.78 is 18.1. The maximum absolute atomic E-state index is 13.1. The van der Waals surface area contributed by atoms with Crippen LogP contribution in [0.4, 0.5) is 4.39 Å². The van der Waals surface area contributed by atoms with E-state index in [0.29, 0.717) is 26.0 Å². The van der Waals surface area contributed by atoms with Gasteiger partial charge in [0.05, 0.1) is 25.2 Å². The molecule has 0 aromatic heterocycles. The molecular formula is C20H27FN2O4. The van der Waals surface area contributed by atoms with E-state index in [2.05, 4.69) is 4.90 Å². The van der Waals surface area contributed by atoms with Gasteiger partial charge >= 0.3 is 5.97 Å².